The van der Waals surface area contributed by atoms with Gasteiger partial charge in [-0.1, -0.05) is 231 Å². The average Bonchev–Trinajstić information content (AvgIpc) is 3.16. The van der Waals surface area contributed by atoms with Crippen molar-refractivity contribution < 1.29 is 20.1 Å². The molecule has 0 aromatic heterocycles. The number of allylic oxidation sites excluding steroid dienone is 3. The Bertz CT molecular complexity index is 784. The van der Waals surface area contributed by atoms with Gasteiger partial charge in [-0.2, -0.15) is 0 Å². The van der Waals surface area contributed by atoms with Crippen LogP contribution in [0, 0.1) is 0 Å². The molecule has 5 heteroatoms. The van der Waals surface area contributed by atoms with Gasteiger partial charge in [0.25, 0.3) is 0 Å². The highest BCUT2D eigenvalue weighted by atomic mass is 16.3. The van der Waals surface area contributed by atoms with Gasteiger partial charge in [0.15, 0.2) is 0 Å². The van der Waals surface area contributed by atoms with E-state index in [0.717, 1.165) is 32.1 Å². The molecule has 0 aromatic carbocycles. The summed E-state index contributed by atoms with van der Waals surface area (Å²) >= 11 is 0. The molecule has 0 heterocycles. The van der Waals surface area contributed by atoms with Crippen molar-refractivity contribution >= 4 is 5.91 Å². The third-order valence-electron chi connectivity index (χ3n) is 11.0. The topological polar surface area (TPSA) is 89.8 Å². The fourth-order valence-electron chi connectivity index (χ4n) is 7.30. The number of carbonyl (C=O) groups excluding carboxylic acids is 1. The summed E-state index contributed by atoms with van der Waals surface area (Å²) in [6, 6.07) is -0.796. The molecule has 0 aromatic rings. The lowest BCUT2D eigenvalue weighted by Crippen LogP contribution is -2.48. The van der Waals surface area contributed by atoms with Gasteiger partial charge in [0.1, 0.15) is 6.10 Å². The van der Waals surface area contributed by atoms with Gasteiger partial charge in [-0.05, 0) is 44.9 Å². The SMILES string of the molecule is CCCCCCCCCCCCCC/C=C\CCCCCCCCCCCC(O)C(=O)NC(CO)C(O)/C=C/CCCCCCCCCCCCCC. The molecular formula is C48H93NO4. The van der Waals surface area contributed by atoms with Crippen LogP contribution in [-0.2, 0) is 4.79 Å². The summed E-state index contributed by atoms with van der Waals surface area (Å²) in [5, 5.41) is 33.2. The molecule has 0 radical (unpaired) electrons. The first-order valence-corrected chi connectivity index (χ1v) is 23.7. The molecule has 0 aliphatic heterocycles. The van der Waals surface area contributed by atoms with E-state index in [1.54, 1.807) is 6.08 Å². The number of carbonyl (C=O) groups is 1. The summed E-state index contributed by atoms with van der Waals surface area (Å²) < 4.78 is 0. The van der Waals surface area contributed by atoms with Crippen LogP contribution in [-0.4, -0.2) is 46.1 Å². The first kappa shape index (κ1) is 51.8. The van der Waals surface area contributed by atoms with E-state index in [9.17, 15) is 20.1 Å². The minimum atomic E-state index is -1.10. The third-order valence-corrected chi connectivity index (χ3v) is 11.0. The van der Waals surface area contributed by atoms with Crippen molar-refractivity contribution in [2.45, 2.75) is 270 Å². The second kappa shape index (κ2) is 43.6. The highest BCUT2D eigenvalue weighted by Crippen LogP contribution is 2.16. The summed E-state index contributed by atoms with van der Waals surface area (Å²) in [6.45, 7) is 4.19. The van der Waals surface area contributed by atoms with Crippen LogP contribution in [0.1, 0.15) is 251 Å². The number of aliphatic hydroxyl groups excluding tert-OH is 3. The van der Waals surface area contributed by atoms with E-state index in [0.29, 0.717) is 6.42 Å². The van der Waals surface area contributed by atoms with Crippen LogP contribution >= 0.6 is 0 Å². The second-order valence-electron chi connectivity index (χ2n) is 16.3. The van der Waals surface area contributed by atoms with Gasteiger partial charge in [0, 0.05) is 0 Å². The molecule has 0 aliphatic carbocycles. The zero-order valence-electron chi connectivity index (χ0n) is 35.7. The fourth-order valence-corrected chi connectivity index (χ4v) is 7.30. The maximum absolute atomic E-state index is 12.5. The van der Waals surface area contributed by atoms with E-state index in [2.05, 4.69) is 31.3 Å². The highest BCUT2D eigenvalue weighted by molar-refractivity contribution is 5.80. The van der Waals surface area contributed by atoms with Crippen molar-refractivity contribution in [3.63, 3.8) is 0 Å². The Balaban J connectivity index is 3.60. The molecule has 0 rings (SSSR count). The fraction of sp³-hybridized carbons (Fsp3) is 0.896. The molecule has 4 N–H and O–H groups in total. The average molecular weight is 748 g/mol. The van der Waals surface area contributed by atoms with Gasteiger partial charge >= 0.3 is 0 Å². The van der Waals surface area contributed by atoms with Gasteiger partial charge < -0.3 is 20.6 Å². The number of rotatable bonds is 43. The summed E-state index contributed by atoms with van der Waals surface area (Å²) in [6.07, 6.45) is 53.6. The maximum atomic E-state index is 12.5. The van der Waals surface area contributed by atoms with Crippen molar-refractivity contribution in [3.05, 3.63) is 24.3 Å². The largest absolute Gasteiger partial charge is 0.394 e. The number of nitrogens with one attached hydrogen (secondary N) is 1. The molecule has 0 spiro atoms. The van der Waals surface area contributed by atoms with Crippen LogP contribution in [0.2, 0.25) is 0 Å². The van der Waals surface area contributed by atoms with Gasteiger partial charge in [0.2, 0.25) is 5.91 Å². The van der Waals surface area contributed by atoms with Crippen LogP contribution in [0.4, 0.5) is 0 Å². The van der Waals surface area contributed by atoms with E-state index in [1.165, 1.54) is 199 Å². The lowest BCUT2D eigenvalue weighted by atomic mass is 10.0. The highest BCUT2D eigenvalue weighted by Gasteiger charge is 2.22. The molecule has 53 heavy (non-hydrogen) atoms. The zero-order valence-corrected chi connectivity index (χ0v) is 35.7. The molecule has 3 unspecified atom stereocenters. The van der Waals surface area contributed by atoms with Crippen LogP contribution in [0.3, 0.4) is 0 Å². The number of amides is 1. The third kappa shape index (κ3) is 38.9. The first-order chi connectivity index (χ1) is 26.1. The van der Waals surface area contributed by atoms with E-state index in [4.69, 9.17) is 0 Å². The second-order valence-corrected chi connectivity index (χ2v) is 16.3. The summed E-state index contributed by atoms with van der Waals surface area (Å²) in [7, 11) is 0. The van der Waals surface area contributed by atoms with Crippen molar-refractivity contribution in [1.82, 2.24) is 5.32 Å². The molecule has 0 bridgehead atoms. The Morgan fingerprint density at radius 2 is 0.755 bits per heavy atom. The number of aliphatic hydroxyl groups is 3. The van der Waals surface area contributed by atoms with E-state index in [-0.39, 0.29) is 6.61 Å². The first-order valence-electron chi connectivity index (χ1n) is 23.7. The molecule has 1 amide bonds. The number of hydrogen-bond donors (Lipinski definition) is 4. The van der Waals surface area contributed by atoms with Crippen LogP contribution in [0.5, 0.6) is 0 Å². The van der Waals surface area contributed by atoms with Crippen LogP contribution in [0.15, 0.2) is 24.3 Å². The maximum Gasteiger partial charge on any atom is 0.249 e. The van der Waals surface area contributed by atoms with Gasteiger partial charge in [-0.3, -0.25) is 4.79 Å². The van der Waals surface area contributed by atoms with Crippen molar-refractivity contribution in [3.8, 4) is 0 Å². The lowest BCUT2D eigenvalue weighted by Gasteiger charge is -2.21. The minimum Gasteiger partial charge on any atom is -0.394 e. The van der Waals surface area contributed by atoms with Crippen LogP contribution in [0.25, 0.3) is 0 Å². The summed E-state index contributed by atoms with van der Waals surface area (Å²) in [5.41, 5.74) is 0. The molecule has 0 aliphatic rings. The molecule has 3 atom stereocenters. The van der Waals surface area contributed by atoms with Crippen molar-refractivity contribution in [2.24, 2.45) is 0 Å². The lowest BCUT2D eigenvalue weighted by molar-refractivity contribution is -0.131. The quantitative estimate of drug-likeness (QED) is 0.0369. The Kier molecular flexibility index (Phi) is 42.6. The van der Waals surface area contributed by atoms with E-state index in [1.807, 2.05) is 6.08 Å². The normalized spacial score (nSPS) is 13.7. The molecule has 0 saturated heterocycles. The van der Waals surface area contributed by atoms with Gasteiger partial charge in [-0.15, -0.1) is 0 Å². The Morgan fingerprint density at radius 1 is 0.453 bits per heavy atom. The van der Waals surface area contributed by atoms with E-state index < -0.39 is 24.2 Å². The molecular weight excluding hydrogens is 655 g/mol. The Morgan fingerprint density at radius 3 is 1.09 bits per heavy atom. The monoisotopic (exact) mass is 748 g/mol. The molecule has 5 nitrogen and oxygen atoms in total. The Hall–Kier alpha value is -1.17. The summed E-state index contributed by atoms with van der Waals surface area (Å²) in [4.78, 5) is 12.5. The summed E-state index contributed by atoms with van der Waals surface area (Å²) in [5.74, 6) is -0.503. The number of unbranched alkanes of at least 4 members (excludes halogenated alkanes) is 33. The van der Waals surface area contributed by atoms with Gasteiger partial charge in [0.05, 0.1) is 18.8 Å². The predicted molar refractivity (Wildman–Crippen MR) is 231 cm³/mol. The zero-order chi connectivity index (χ0) is 38.7. The van der Waals surface area contributed by atoms with Crippen molar-refractivity contribution in [2.75, 3.05) is 6.61 Å². The van der Waals surface area contributed by atoms with E-state index >= 15 is 0 Å². The van der Waals surface area contributed by atoms with Crippen LogP contribution < -0.4 is 5.32 Å². The predicted octanol–water partition coefficient (Wildman–Crippen LogP) is 13.8. The standard InChI is InChI=1S/C48H93NO4/c1-3-5-7-9-11-13-15-17-19-20-21-22-23-24-25-26-27-28-29-31-33-35-37-39-41-43-47(52)48(53)49-45(44-50)46(51)42-40-38-36-34-32-30-18-16-14-12-10-8-6-4-2/h24-25,40,42,45-47,50-52H,3-23,26-39,41,43-44H2,1-2H3,(H,49,53)/b25-24-,42-40+. The molecule has 0 saturated carbocycles. The van der Waals surface area contributed by atoms with Crippen molar-refractivity contribution in [1.29, 1.82) is 0 Å². The Labute approximate surface area is 331 Å². The minimum absolute atomic E-state index is 0.362. The molecule has 314 valence electrons. The van der Waals surface area contributed by atoms with Gasteiger partial charge in [-0.25, -0.2) is 0 Å². The smallest absolute Gasteiger partial charge is 0.249 e. The molecule has 0 fully saturated rings. The number of hydrogen-bond acceptors (Lipinski definition) is 4.